The van der Waals surface area contributed by atoms with E-state index in [4.69, 9.17) is 11.0 Å². The summed E-state index contributed by atoms with van der Waals surface area (Å²) in [5.41, 5.74) is 17.4. The monoisotopic (exact) mass is 840 g/mol. The second-order valence-electron chi connectivity index (χ2n) is 17.0. The summed E-state index contributed by atoms with van der Waals surface area (Å²) >= 11 is 0. The van der Waals surface area contributed by atoms with Gasteiger partial charge in [-0.3, -0.25) is 0 Å². The number of furan rings is 1. The van der Waals surface area contributed by atoms with Crippen molar-refractivity contribution in [1.29, 1.82) is 5.26 Å². The second-order valence-corrected chi connectivity index (χ2v) is 17.0. The Morgan fingerprint density at radius 3 is 1.64 bits per heavy atom. The van der Waals surface area contributed by atoms with Crippen molar-refractivity contribution in [3.63, 3.8) is 0 Å². The van der Waals surface area contributed by atoms with Gasteiger partial charge in [0.05, 0.1) is 23.6 Å². The predicted molar refractivity (Wildman–Crippen MR) is 268 cm³/mol. The van der Waals surface area contributed by atoms with Gasteiger partial charge in [0.15, 0.2) is 5.69 Å². The smallest absolute Gasteiger partial charge is 0.187 e. The Labute approximate surface area is 381 Å². The largest absolute Gasteiger partial charge is 0.455 e. The van der Waals surface area contributed by atoms with Gasteiger partial charge in [0.25, 0.3) is 0 Å². The fraction of sp³-hybridized carbons (Fsp3) is 0.0164. The van der Waals surface area contributed by atoms with Gasteiger partial charge in [0.2, 0.25) is 0 Å². The number of hydrogen-bond acceptors (Lipinski definition) is 4. The number of rotatable bonds is 6. The van der Waals surface area contributed by atoms with Crippen LogP contribution < -0.4 is 9.80 Å². The quantitative estimate of drug-likeness (QED) is 0.157. The fourth-order valence-electron chi connectivity index (χ4n) is 10.9. The Hall–Kier alpha value is -9.16. The molecule has 5 heteroatoms. The van der Waals surface area contributed by atoms with Crippen molar-refractivity contribution in [1.82, 2.24) is 0 Å². The molecule has 1 aromatic heterocycles. The molecular weight excluding hydrogens is 805 g/mol. The van der Waals surface area contributed by atoms with Gasteiger partial charge in [-0.05, 0) is 141 Å². The molecule has 1 unspecified atom stereocenters. The van der Waals surface area contributed by atoms with Crippen LogP contribution in [0.25, 0.3) is 59.8 Å². The lowest BCUT2D eigenvalue weighted by Crippen LogP contribution is -2.32. The van der Waals surface area contributed by atoms with Crippen molar-refractivity contribution >= 4 is 72.5 Å². The van der Waals surface area contributed by atoms with Crippen LogP contribution in [0.15, 0.2) is 223 Å². The molecule has 11 aromatic rings. The lowest BCUT2D eigenvalue weighted by atomic mass is 9.61. The Bertz CT molecular complexity index is 3680. The minimum Gasteiger partial charge on any atom is -0.455 e. The maximum Gasteiger partial charge on any atom is 0.187 e. The summed E-state index contributed by atoms with van der Waals surface area (Å²) in [6, 6.07) is 79.2. The number of para-hydroxylation sites is 3. The van der Waals surface area contributed by atoms with Gasteiger partial charge >= 0.3 is 0 Å². The number of hydrogen-bond donors (Lipinski definition) is 0. The molecule has 2 aliphatic rings. The van der Waals surface area contributed by atoms with E-state index in [9.17, 15) is 5.26 Å². The molecule has 306 valence electrons. The summed E-state index contributed by atoms with van der Waals surface area (Å²) in [6.45, 7) is 7.69. The highest BCUT2D eigenvalue weighted by atomic mass is 16.3. The maximum atomic E-state index is 9.77. The van der Waals surface area contributed by atoms with Crippen LogP contribution in [0.5, 0.6) is 0 Å². The van der Waals surface area contributed by atoms with Crippen LogP contribution in [0.2, 0.25) is 0 Å². The zero-order valence-corrected chi connectivity index (χ0v) is 35.5. The topological polar surface area (TPSA) is 47.8 Å². The van der Waals surface area contributed by atoms with Gasteiger partial charge < -0.3 is 14.2 Å². The van der Waals surface area contributed by atoms with Crippen LogP contribution in [0.1, 0.15) is 27.8 Å². The fourth-order valence-corrected chi connectivity index (χ4v) is 10.9. The molecule has 10 aromatic carbocycles. The van der Waals surface area contributed by atoms with E-state index in [-0.39, 0.29) is 0 Å². The van der Waals surface area contributed by atoms with Crippen LogP contribution >= 0.6 is 0 Å². The van der Waals surface area contributed by atoms with Crippen LogP contribution in [0, 0.1) is 17.9 Å². The van der Waals surface area contributed by atoms with Crippen molar-refractivity contribution in [3.8, 4) is 28.3 Å². The zero-order valence-electron chi connectivity index (χ0n) is 35.5. The van der Waals surface area contributed by atoms with E-state index in [1.807, 2.05) is 66.7 Å². The highest BCUT2D eigenvalue weighted by Crippen LogP contribution is 2.64. The third-order valence-electron chi connectivity index (χ3n) is 13.7. The van der Waals surface area contributed by atoms with Gasteiger partial charge in [-0.1, -0.05) is 127 Å². The van der Waals surface area contributed by atoms with Crippen molar-refractivity contribution in [2.45, 2.75) is 5.41 Å². The van der Waals surface area contributed by atoms with E-state index < -0.39 is 5.41 Å². The normalized spacial score (nSPS) is 14.1. The van der Waals surface area contributed by atoms with Crippen molar-refractivity contribution in [2.75, 3.05) is 9.80 Å². The highest BCUT2D eigenvalue weighted by molar-refractivity contribution is 6.17. The molecule has 1 atom stereocenters. The lowest BCUT2D eigenvalue weighted by Gasteiger charge is -2.40. The molecule has 0 amide bonds. The third kappa shape index (κ3) is 5.32. The van der Waals surface area contributed by atoms with Gasteiger partial charge in [0.1, 0.15) is 11.2 Å². The molecule has 1 heterocycles. The van der Waals surface area contributed by atoms with Gasteiger partial charge in [-0.15, -0.1) is 0 Å². The van der Waals surface area contributed by atoms with Gasteiger partial charge in [-0.25, -0.2) is 4.85 Å². The average molecular weight is 841 g/mol. The molecule has 2 aliphatic carbocycles. The Balaban J connectivity index is 1.16. The number of nitrogens with zero attached hydrogens (tertiary/aromatic N) is 4. The summed E-state index contributed by atoms with van der Waals surface area (Å²) < 4.78 is 7.01. The van der Waals surface area contributed by atoms with E-state index in [1.165, 1.54) is 27.5 Å². The van der Waals surface area contributed by atoms with Crippen LogP contribution in [-0.4, -0.2) is 0 Å². The van der Waals surface area contributed by atoms with E-state index in [1.54, 1.807) is 0 Å². The number of fused-ring (bicyclic) bond motifs is 13. The molecule has 0 N–H and O–H groups in total. The molecular formula is C61H36N4O. The first kappa shape index (κ1) is 37.4. The lowest BCUT2D eigenvalue weighted by molar-refractivity contribution is 0.667. The first-order valence-electron chi connectivity index (χ1n) is 22.1. The zero-order chi connectivity index (χ0) is 43.9. The molecule has 5 nitrogen and oxygen atoms in total. The number of benzene rings is 10. The molecule has 0 saturated heterocycles. The highest BCUT2D eigenvalue weighted by Gasteiger charge is 2.51. The number of nitriles is 1. The van der Waals surface area contributed by atoms with E-state index >= 15 is 0 Å². The molecule has 1 spiro atoms. The predicted octanol–water partition coefficient (Wildman–Crippen LogP) is 16.4. The molecule has 66 heavy (non-hydrogen) atoms. The SMILES string of the molecule is [C-]#[N+]c1ccc(N(c2ccccc2)c2ccc3c(c2)C2(c4cc(N(c5ccccc5)c5ccc(C#N)cc5)ccc4-3)c3ccc4c(oc5ccccc54)c3-c3cccc4cccc2c34)cc1. The first-order chi connectivity index (χ1) is 32.6. The third-order valence-corrected chi connectivity index (χ3v) is 13.7. The van der Waals surface area contributed by atoms with Crippen molar-refractivity contribution in [2.24, 2.45) is 0 Å². The Morgan fingerprint density at radius 2 is 1.02 bits per heavy atom. The standard InChI is InChI=1S/C61H36N4O/c1-63-41-24-28-45(29-25-41)65(43-16-6-3-7-17-43)47-31-33-49-48-32-30-46(64(42-14-4-2-5-15-42)44-26-22-39(38-62)23-27-44)36-55(48)61(56(49)37-47)53-20-11-13-40-12-10-19-52(58(40)53)59-54(61)35-34-51-50-18-8-9-21-57(50)66-60(51)59/h2-37H. The molecule has 0 aliphatic heterocycles. The van der Waals surface area contributed by atoms with Crippen molar-refractivity contribution < 1.29 is 4.42 Å². The summed E-state index contributed by atoms with van der Waals surface area (Å²) in [7, 11) is 0. The maximum absolute atomic E-state index is 9.77. The minimum absolute atomic E-state index is 0.596. The van der Waals surface area contributed by atoms with Crippen LogP contribution in [0.4, 0.5) is 39.8 Å². The Morgan fingerprint density at radius 1 is 0.455 bits per heavy atom. The summed E-state index contributed by atoms with van der Waals surface area (Å²) in [5, 5.41) is 14.3. The van der Waals surface area contributed by atoms with E-state index in [0.29, 0.717) is 11.3 Å². The molecule has 0 saturated carbocycles. The van der Waals surface area contributed by atoms with E-state index in [0.717, 1.165) is 83.9 Å². The van der Waals surface area contributed by atoms with Gasteiger partial charge in [-0.2, -0.15) is 5.26 Å². The van der Waals surface area contributed by atoms with Gasteiger partial charge in [0, 0.05) is 50.5 Å². The Kier molecular flexibility index (Phi) is 8.18. The van der Waals surface area contributed by atoms with E-state index in [2.05, 4.69) is 172 Å². The molecule has 0 radical (unpaired) electrons. The molecule has 0 fully saturated rings. The molecule has 13 rings (SSSR count). The number of anilines is 6. The average Bonchev–Trinajstić information content (AvgIpc) is 3.90. The van der Waals surface area contributed by atoms with Crippen LogP contribution in [0.3, 0.4) is 0 Å². The van der Waals surface area contributed by atoms with Crippen LogP contribution in [-0.2, 0) is 5.41 Å². The summed E-state index contributed by atoms with van der Waals surface area (Å²) in [6.07, 6.45) is 0. The summed E-state index contributed by atoms with van der Waals surface area (Å²) in [4.78, 5) is 8.29. The second kappa shape index (κ2) is 14.4. The minimum atomic E-state index is -0.809. The van der Waals surface area contributed by atoms with Crippen molar-refractivity contribution in [3.05, 3.63) is 258 Å². The first-order valence-corrected chi connectivity index (χ1v) is 22.1. The summed E-state index contributed by atoms with van der Waals surface area (Å²) in [5.74, 6) is 0. The molecule has 0 bridgehead atoms.